The molecule has 0 saturated carbocycles. The number of rotatable bonds is 8. The number of benzene rings is 2. The molecule has 0 spiro atoms. The van der Waals surface area contributed by atoms with Crippen LogP contribution < -0.4 is 15.4 Å². The van der Waals surface area contributed by atoms with Crippen LogP contribution in [-0.4, -0.2) is 41.9 Å². The van der Waals surface area contributed by atoms with Gasteiger partial charge >= 0.3 is 6.03 Å². The first-order valence-corrected chi connectivity index (χ1v) is 10.1. The molecule has 0 bridgehead atoms. The van der Waals surface area contributed by atoms with Crippen molar-refractivity contribution in [3.05, 3.63) is 65.7 Å². The van der Waals surface area contributed by atoms with Gasteiger partial charge in [0.15, 0.2) is 0 Å². The normalized spacial score (nSPS) is 16.2. The van der Waals surface area contributed by atoms with E-state index in [1.54, 1.807) is 7.11 Å². The smallest absolute Gasteiger partial charge is 0.325 e. The SMILES string of the molecule is CCC1(CC)NC(=O)N(CC(=O)N[C@H](c2ccccc2)c2ccc(OC)cc2)C1=O. The minimum Gasteiger partial charge on any atom is -0.497 e. The Morgan fingerprint density at radius 3 is 2.17 bits per heavy atom. The van der Waals surface area contributed by atoms with Gasteiger partial charge in [0.2, 0.25) is 5.91 Å². The Hall–Kier alpha value is -3.35. The average molecular weight is 409 g/mol. The van der Waals surface area contributed by atoms with Gasteiger partial charge in [-0.25, -0.2) is 4.79 Å². The number of hydrogen-bond donors (Lipinski definition) is 2. The average Bonchev–Trinajstić information content (AvgIpc) is 3.02. The highest BCUT2D eigenvalue weighted by atomic mass is 16.5. The Morgan fingerprint density at radius 2 is 1.63 bits per heavy atom. The lowest BCUT2D eigenvalue weighted by Crippen LogP contribution is -2.47. The molecule has 4 amide bonds. The van der Waals surface area contributed by atoms with Gasteiger partial charge in [-0.1, -0.05) is 56.3 Å². The van der Waals surface area contributed by atoms with E-state index in [1.165, 1.54) is 0 Å². The molecule has 0 aliphatic carbocycles. The molecule has 1 aliphatic rings. The Bertz CT molecular complexity index is 908. The van der Waals surface area contributed by atoms with Crippen LogP contribution in [-0.2, 0) is 9.59 Å². The third kappa shape index (κ3) is 4.15. The number of carbonyl (C=O) groups is 3. The molecule has 0 radical (unpaired) electrons. The molecule has 1 heterocycles. The van der Waals surface area contributed by atoms with Crippen molar-refractivity contribution in [2.75, 3.05) is 13.7 Å². The largest absolute Gasteiger partial charge is 0.497 e. The van der Waals surface area contributed by atoms with E-state index in [9.17, 15) is 14.4 Å². The monoisotopic (exact) mass is 409 g/mol. The Labute approximate surface area is 176 Å². The molecule has 0 unspecified atom stereocenters. The van der Waals surface area contributed by atoms with Crippen LogP contribution in [0, 0.1) is 0 Å². The molecule has 1 atom stereocenters. The summed E-state index contributed by atoms with van der Waals surface area (Å²) in [6, 6.07) is 16.0. The lowest BCUT2D eigenvalue weighted by Gasteiger charge is -2.24. The van der Waals surface area contributed by atoms with Gasteiger partial charge in [-0.3, -0.25) is 14.5 Å². The first-order chi connectivity index (χ1) is 14.4. The van der Waals surface area contributed by atoms with Gasteiger partial charge in [-0.05, 0) is 36.1 Å². The topological polar surface area (TPSA) is 87.7 Å². The summed E-state index contributed by atoms with van der Waals surface area (Å²) in [6.45, 7) is 3.37. The summed E-state index contributed by atoms with van der Waals surface area (Å²) in [5.74, 6) is -0.0498. The molecule has 7 heteroatoms. The molecular formula is C23H27N3O4. The van der Waals surface area contributed by atoms with Crippen LogP contribution in [0.1, 0.15) is 43.9 Å². The van der Waals surface area contributed by atoms with Gasteiger partial charge in [0, 0.05) is 0 Å². The van der Waals surface area contributed by atoms with Crippen LogP contribution >= 0.6 is 0 Å². The van der Waals surface area contributed by atoms with E-state index in [4.69, 9.17) is 4.74 Å². The number of imide groups is 1. The van der Waals surface area contributed by atoms with Gasteiger partial charge in [0.25, 0.3) is 5.91 Å². The molecule has 2 aromatic carbocycles. The highest BCUT2D eigenvalue weighted by Crippen LogP contribution is 2.26. The van der Waals surface area contributed by atoms with Crippen molar-refractivity contribution >= 4 is 17.8 Å². The van der Waals surface area contributed by atoms with Crippen LogP contribution in [0.4, 0.5) is 4.79 Å². The molecule has 1 saturated heterocycles. The third-order valence-corrected chi connectivity index (χ3v) is 5.64. The lowest BCUT2D eigenvalue weighted by molar-refractivity contribution is -0.135. The van der Waals surface area contributed by atoms with Gasteiger partial charge in [-0.15, -0.1) is 0 Å². The summed E-state index contributed by atoms with van der Waals surface area (Å²) < 4.78 is 5.21. The fraction of sp³-hybridized carbons (Fsp3) is 0.348. The maximum atomic E-state index is 12.8. The van der Waals surface area contributed by atoms with E-state index in [-0.39, 0.29) is 12.5 Å². The molecule has 1 aliphatic heterocycles. The second-order valence-electron chi connectivity index (χ2n) is 7.30. The highest BCUT2D eigenvalue weighted by Gasteiger charge is 2.49. The Kier molecular flexibility index (Phi) is 6.40. The molecule has 0 aromatic heterocycles. The summed E-state index contributed by atoms with van der Waals surface area (Å²) in [4.78, 5) is 39.0. The molecular weight excluding hydrogens is 382 g/mol. The van der Waals surface area contributed by atoms with E-state index in [0.29, 0.717) is 18.6 Å². The van der Waals surface area contributed by atoms with Crippen molar-refractivity contribution in [1.29, 1.82) is 0 Å². The predicted octanol–water partition coefficient (Wildman–Crippen LogP) is 3.01. The Morgan fingerprint density at radius 1 is 1.03 bits per heavy atom. The minimum absolute atomic E-state index is 0.327. The van der Waals surface area contributed by atoms with Gasteiger partial charge in [-0.2, -0.15) is 0 Å². The zero-order valence-electron chi connectivity index (χ0n) is 17.5. The van der Waals surface area contributed by atoms with Crippen molar-refractivity contribution in [1.82, 2.24) is 15.5 Å². The Balaban J connectivity index is 1.80. The molecule has 158 valence electrons. The number of nitrogens with zero attached hydrogens (tertiary/aromatic N) is 1. The quantitative estimate of drug-likeness (QED) is 0.656. The van der Waals surface area contributed by atoms with E-state index < -0.39 is 23.5 Å². The maximum absolute atomic E-state index is 12.8. The summed E-state index contributed by atoms with van der Waals surface area (Å²) in [6.07, 6.45) is 0.954. The zero-order chi connectivity index (χ0) is 21.7. The first kappa shape index (κ1) is 21.4. The summed E-state index contributed by atoms with van der Waals surface area (Å²) >= 11 is 0. The second-order valence-corrected chi connectivity index (χ2v) is 7.30. The van der Waals surface area contributed by atoms with Crippen LogP contribution in [0.5, 0.6) is 5.75 Å². The van der Waals surface area contributed by atoms with Gasteiger partial charge in [0.05, 0.1) is 13.2 Å². The summed E-state index contributed by atoms with van der Waals surface area (Å²) in [7, 11) is 1.59. The molecule has 2 N–H and O–H groups in total. The van der Waals surface area contributed by atoms with E-state index in [1.807, 2.05) is 68.4 Å². The molecule has 1 fully saturated rings. The van der Waals surface area contributed by atoms with Crippen molar-refractivity contribution < 1.29 is 19.1 Å². The maximum Gasteiger partial charge on any atom is 0.325 e. The first-order valence-electron chi connectivity index (χ1n) is 10.1. The summed E-state index contributed by atoms with van der Waals surface area (Å²) in [5.41, 5.74) is 0.834. The second kappa shape index (κ2) is 8.98. The number of hydrogen-bond acceptors (Lipinski definition) is 4. The van der Waals surface area contributed by atoms with Crippen molar-refractivity contribution in [3.63, 3.8) is 0 Å². The molecule has 3 rings (SSSR count). The van der Waals surface area contributed by atoms with Crippen molar-refractivity contribution in [2.24, 2.45) is 0 Å². The predicted molar refractivity (Wildman–Crippen MR) is 113 cm³/mol. The number of urea groups is 1. The van der Waals surface area contributed by atoms with Gasteiger partial charge < -0.3 is 15.4 Å². The number of methoxy groups -OCH3 is 1. The van der Waals surface area contributed by atoms with Gasteiger partial charge in [0.1, 0.15) is 17.8 Å². The zero-order valence-corrected chi connectivity index (χ0v) is 17.5. The molecule has 30 heavy (non-hydrogen) atoms. The van der Waals surface area contributed by atoms with E-state index >= 15 is 0 Å². The number of amides is 4. The number of carbonyl (C=O) groups excluding carboxylic acids is 3. The van der Waals surface area contributed by atoms with Crippen molar-refractivity contribution in [3.8, 4) is 5.75 Å². The van der Waals surface area contributed by atoms with Crippen LogP contribution in [0.2, 0.25) is 0 Å². The highest BCUT2D eigenvalue weighted by molar-refractivity contribution is 6.09. The third-order valence-electron chi connectivity index (χ3n) is 5.64. The van der Waals surface area contributed by atoms with Crippen molar-refractivity contribution in [2.45, 2.75) is 38.3 Å². The lowest BCUT2D eigenvalue weighted by atomic mass is 9.93. The standard InChI is InChI=1S/C23H27N3O4/c1-4-23(5-2)21(28)26(22(29)25-23)15-19(27)24-20(16-9-7-6-8-10-16)17-11-13-18(30-3)14-12-17/h6-14,20H,4-5,15H2,1-3H3,(H,24,27)(H,25,29)/t20-/m1/s1. The van der Waals surface area contributed by atoms with Crippen LogP contribution in [0.25, 0.3) is 0 Å². The number of nitrogens with one attached hydrogen (secondary N) is 2. The minimum atomic E-state index is -0.924. The molecule has 2 aromatic rings. The van der Waals surface area contributed by atoms with E-state index in [2.05, 4.69) is 10.6 Å². The fourth-order valence-corrected chi connectivity index (χ4v) is 3.70. The van der Waals surface area contributed by atoms with Crippen LogP contribution in [0.3, 0.4) is 0 Å². The number of ether oxygens (including phenoxy) is 1. The van der Waals surface area contributed by atoms with Crippen LogP contribution in [0.15, 0.2) is 54.6 Å². The van der Waals surface area contributed by atoms with E-state index in [0.717, 1.165) is 16.0 Å². The molecule has 7 nitrogen and oxygen atoms in total. The summed E-state index contributed by atoms with van der Waals surface area (Å²) in [5, 5.41) is 5.71. The fourth-order valence-electron chi connectivity index (χ4n) is 3.70.